The molecule has 0 aliphatic carbocycles. The zero-order chi connectivity index (χ0) is 16.4. The van der Waals surface area contributed by atoms with Crippen molar-refractivity contribution < 1.29 is 4.79 Å². The minimum Gasteiger partial charge on any atom is -0.344 e. The summed E-state index contributed by atoms with van der Waals surface area (Å²) in [6.45, 7) is 4.27. The number of aryl methyl sites for hydroxylation is 1. The van der Waals surface area contributed by atoms with Crippen LogP contribution in [0, 0.1) is 6.92 Å². The van der Waals surface area contributed by atoms with Crippen molar-refractivity contribution in [3.8, 4) is 0 Å². The summed E-state index contributed by atoms with van der Waals surface area (Å²) in [4.78, 5) is 25.4. The molecule has 1 unspecified atom stereocenters. The lowest BCUT2D eigenvalue weighted by Gasteiger charge is -2.24. The van der Waals surface area contributed by atoms with Gasteiger partial charge in [-0.05, 0) is 38.6 Å². The topological polar surface area (TPSA) is 54.3 Å². The predicted octanol–water partition coefficient (Wildman–Crippen LogP) is 1.47. The summed E-state index contributed by atoms with van der Waals surface area (Å²) in [6.07, 6.45) is 4.51. The third-order valence-corrected chi connectivity index (χ3v) is 4.68. The van der Waals surface area contributed by atoms with Crippen molar-refractivity contribution in [1.29, 1.82) is 0 Å². The SMILES string of the molecule is Cc1ccc(C(=O)N2CCC(N(C)Cc3ncccn3)C2)n1C. The number of aromatic nitrogens is 3. The first-order chi connectivity index (χ1) is 11.1. The molecular formula is C17H23N5O. The minimum atomic E-state index is 0.118. The Bertz CT molecular complexity index is 682. The van der Waals surface area contributed by atoms with Crippen LogP contribution in [0.25, 0.3) is 0 Å². The Hall–Kier alpha value is -2.21. The Labute approximate surface area is 136 Å². The number of carbonyl (C=O) groups is 1. The average Bonchev–Trinajstić information content (AvgIpc) is 3.16. The molecule has 0 aromatic carbocycles. The van der Waals surface area contributed by atoms with E-state index < -0.39 is 0 Å². The van der Waals surface area contributed by atoms with E-state index in [0.29, 0.717) is 12.6 Å². The summed E-state index contributed by atoms with van der Waals surface area (Å²) in [7, 11) is 4.01. The smallest absolute Gasteiger partial charge is 0.270 e. The van der Waals surface area contributed by atoms with Crippen molar-refractivity contribution in [2.75, 3.05) is 20.1 Å². The Kier molecular flexibility index (Phi) is 4.43. The van der Waals surface area contributed by atoms with E-state index in [1.54, 1.807) is 12.4 Å². The highest BCUT2D eigenvalue weighted by molar-refractivity contribution is 5.93. The molecule has 23 heavy (non-hydrogen) atoms. The van der Waals surface area contributed by atoms with E-state index in [9.17, 15) is 4.79 Å². The number of hydrogen-bond donors (Lipinski definition) is 0. The summed E-state index contributed by atoms with van der Waals surface area (Å²) < 4.78 is 1.96. The second kappa shape index (κ2) is 6.50. The standard InChI is InChI=1S/C17H23N5O/c1-13-5-6-15(21(13)3)17(23)22-10-7-14(11-22)20(2)12-16-18-8-4-9-19-16/h4-6,8-9,14H,7,10-12H2,1-3H3. The van der Waals surface area contributed by atoms with Gasteiger partial charge in [0.15, 0.2) is 0 Å². The first kappa shape index (κ1) is 15.7. The third-order valence-electron chi connectivity index (χ3n) is 4.68. The van der Waals surface area contributed by atoms with Crippen LogP contribution < -0.4 is 0 Å². The Morgan fingerprint density at radius 3 is 2.74 bits per heavy atom. The van der Waals surface area contributed by atoms with Crippen LogP contribution in [0.2, 0.25) is 0 Å². The molecule has 3 heterocycles. The van der Waals surface area contributed by atoms with E-state index >= 15 is 0 Å². The highest BCUT2D eigenvalue weighted by atomic mass is 16.2. The second-order valence-corrected chi connectivity index (χ2v) is 6.19. The van der Waals surface area contributed by atoms with Gasteiger partial charge in [-0.15, -0.1) is 0 Å². The van der Waals surface area contributed by atoms with Crippen LogP contribution in [0.4, 0.5) is 0 Å². The van der Waals surface area contributed by atoms with Gasteiger partial charge >= 0.3 is 0 Å². The lowest BCUT2D eigenvalue weighted by molar-refractivity contribution is 0.0769. The lowest BCUT2D eigenvalue weighted by atomic mass is 10.2. The average molecular weight is 313 g/mol. The van der Waals surface area contributed by atoms with E-state index in [1.165, 1.54) is 0 Å². The normalized spacial score (nSPS) is 17.9. The molecule has 2 aromatic heterocycles. The molecule has 0 saturated carbocycles. The molecule has 1 fully saturated rings. The number of likely N-dealkylation sites (tertiary alicyclic amines) is 1. The highest BCUT2D eigenvalue weighted by Crippen LogP contribution is 2.19. The lowest BCUT2D eigenvalue weighted by Crippen LogP contribution is -2.37. The molecule has 122 valence electrons. The van der Waals surface area contributed by atoms with E-state index in [4.69, 9.17) is 0 Å². The predicted molar refractivity (Wildman–Crippen MR) is 88.0 cm³/mol. The molecule has 1 aliphatic heterocycles. The van der Waals surface area contributed by atoms with Crippen LogP contribution in [0.5, 0.6) is 0 Å². The van der Waals surface area contributed by atoms with Gasteiger partial charge < -0.3 is 9.47 Å². The van der Waals surface area contributed by atoms with Gasteiger partial charge in [0.2, 0.25) is 0 Å². The van der Waals surface area contributed by atoms with Crippen LogP contribution in [0.1, 0.15) is 28.4 Å². The molecule has 1 saturated heterocycles. The summed E-state index contributed by atoms with van der Waals surface area (Å²) in [5, 5.41) is 0. The van der Waals surface area contributed by atoms with E-state index in [-0.39, 0.29) is 5.91 Å². The molecule has 1 amide bonds. The number of nitrogens with zero attached hydrogens (tertiary/aromatic N) is 5. The van der Waals surface area contributed by atoms with Crippen molar-refractivity contribution in [3.63, 3.8) is 0 Å². The fourth-order valence-electron chi connectivity index (χ4n) is 3.04. The molecule has 0 radical (unpaired) electrons. The molecule has 0 N–H and O–H groups in total. The van der Waals surface area contributed by atoms with Gasteiger partial charge in [-0.3, -0.25) is 9.69 Å². The molecule has 3 rings (SSSR count). The maximum Gasteiger partial charge on any atom is 0.270 e. The van der Waals surface area contributed by atoms with Gasteiger partial charge in [0.1, 0.15) is 11.5 Å². The Balaban J connectivity index is 1.62. The van der Waals surface area contributed by atoms with Crippen LogP contribution in [0.15, 0.2) is 30.6 Å². The number of hydrogen-bond acceptors (Lipinski definition) is 4. The minimum absolute atomic E-state index is 0.118. The van der Waals surface area contributed by atoms with Crippen molar-refractivity contribution in [1.82, 2.24) is 24.3 Å². The van der Waals surface area contributed by atoms with Crippen molar-refractivity contribution in [3.05, 3.63) is 47.8 Å². The number of likely N-dealkylation sites (N-methyl/N-ethyl adjacent to an activating group) is 1. The third kappa shape index (κ3) is 3.27. The van der Waals surface area contributed by atoms with Gasteiger partial charge in [0, 0.05) is 44.3 Å². The molecule has 0 spiro atoms. The zero-order valence-corrected chi connectivity index (χ0v) is 13.9. The van der Waals surface area contributed by atoms with Gasteiger partial charge in [-0.2, -0.15) is 0 Å². The van der Waals surface area contributed by atoms with Crippen LogP contribution >= 0.6 is 0 Å². The van der Waals surface area contributed by atoms with E-state index in [2.05, 4.69) is 21.9 Å². The first-order valence-electron chi connectivity index (χ1n) is 7.94. The summed E-state index contributed by atoms with van der Waals surface area (Å²) in [5.41, 5.74) is 1.86. The number of carbonyl (C=O) groups excluding carboxylic acids is 1. The van der Waals surface area contributed by atoms with Crippen LogP contribution in [0.3, 0.4) is 0 Å². The quantitative estimate of drug-likeness (QED) is 0.858. The Morgan fingerprint density at radius 2 is 2.09 bits per heavy atom. The van der Waals surface area contributed by atoms with E-state index in [0.717, 1.165) is 36.7 Å². The molecule has 6 heteroatoms. The van der Waals surface area contributed by atoms with Crippen LogP contribution in [-0.2, 0) is 13.6 Å². The summed E-state index contributed by atoms with van der Waals surface area (Å²) in [5.74, 6) is 0.935. The maximum atomic E-state index is 12.7. The second-order valence-electron chi connectivity index (χ2n) is 6.19. The highest BCUT2D eigenvalue weighted by Gasteiger charge is 2.30. The van der Waals surface area contributed by atoms with Gasteiger partial charge in [0.25, 0.3) is 5.91 Å². The monoisotopic (exact) mass is 313 g/mol. The molecular weight excluding hydrogens is 290 g/mol. The van der Waals surface area contributed by atoms with E-state index in [1.807, 2.05) is 41.6 Å². The fraction of sp³-hybridized carbons (Fsp3) is 0.471. The van der Waals surface area contributed by atoms with Crippen molar-refractivity contribution in [2.45, 2.75) is 25.9 Å². The number of amides is 1. The summed E-state index contributed by atoms with van der Waals surface area (Å²) >= 11 is 0. The largest absolute Gasteiger partial charge is 0.344 e. The van der Waals surface area contributed by atoms with Crippen LogP contribution in [-0.4, -0.2) is 56.4 Å². The van der Waals surface area contributed by atoms with Crippen molar-refractivity contribution in [2.24, 2.45) is 7.05 Å². The van der Waals surface area contributed by atoms with Gasteiger partial charge in [0.05, 0.1) is 6.54 Å². The molecule has 6 nitrogen and oxygen atoms in total. The molecule has 1 aliphatic rings. The van der Waals surface area contributed by atoms with Crippen molar-refractivity contribution >= 4 is 5.91 Å². The molecule has 1 atom stereocenters. The van der Waals surface area contributed by atoms with Gasteiger partial charge in [-0.25, -0.2) is 9.97 Å². The number of rotatable bonds is 4. The fourth-order valence-corrected chi connectivity index (χ4v) is 3.04. The zero-order valence-electron chi connectivity index (χ0n) is 13.9. The Morgan fingerprint density at radius 1 is 1.35 bits per heavy atom. The maximum absolute atomic E-state index is 12.7. The van der Waals surface area contributed by atoms with Gasteiger partial charge in [-0.1, -0.05) is 0 Å². The first-order valence-corrected chi connectivity index (χ1v) is 7.94. The summed E-state index contributed by atoms with van der Waals surface area (Å²) in [6, 6.07) is 6.07. The molecule has 0 bridgehead atoms. The molecule has 2 aromatic rings.